The number of hydrogen-bond acceptors (Lipinski definition) is 2. The largest absolute Gasteiger partial charge is 0.343 e. The highest BCUT2D eigenvalue weighted by Gasteiger charge is 2.25. The number of rotatable bonds is 13. The average molecular weight is 433 g/mol. The van der Waals surface area contributed by atoms with Crippen molar-refractivity contribution in [2.24, 2.45) is 0 Å². The van der Waals surface area contributed by atoms with Crippen molar-refractivity contribution in [3.8, 4) is 0 Å². The van der Waals surface area contributed by atoms with Gasteiger partial charge < -0.3 is 9.80 Å². The zero-order valence-electron chi connectivity index (χ0n) is 20.5. The van der Waals surface area contributed by atoms with Gasteiger partial charge in [-0.15, -0.1) is 0 Å². The molecule has 0 unspecified atom stereocenters. The van der Waals surface area contributed by atoms with Gasteiger partial charge in [-0.1, -0.05) is 71.1 Å². The smallest absolute Gasteiger partial charge is 0.323 e. The van der Waals surface area contributed by atoms with Gasteiger partial charge in [0.05, 0.1) is 5.69 Å². The summed E-state index contributed by atoms with van der Waals surface area (Å²) in [6, 6.07) is 7.36. The highest BCUT2D eigenvalue weighted by atomic mass is 16.2. The van der Waals surface area contributed by atoms with E-state index in [0.717, 1.165) is 56.9 Å². The summed E-state index contributed by atoms with van der Waals surface area (Å²) in [5.74, 6) is 0. The monoisotopic (exact) mass is 432 g/mol. The molecule has 1 rings (SSSR count). The lowest BCUT2D eigenvalue weighted by atomic mass is 10.2. The summed E-state index contributed by atoms with van der Waals surface area (Å²) in [6.45, 7) is 13.3. The Morgan fingerprint density at radius 3 is 1.55 bits per heavy atom. The number of amides is 4. The highest BCUT2D eigenvalue weighted by molar-refractivity contribution is 5.95. The summed E-state index contributed by atoms with van der Waals surface area (Å²) in [6.07, 6.45) is 7.90. The second kappa shape index (κ2) is 15.5. The average Bonchev–Trinajstić information content (AvgIpc) is 2.78. The number of nitrogens with one attached hydrogen (secondary N) is 1. The Morgan fingerprint density at radius 1 is 0.710 bits per heavy atom. The molecule has 1 N–H and O–H groups in total. The molecular weight excluding hydrogens is 388 g/mol. The van der Waals surface area contributed by atoms with E-state index in [4.69, 9.17) is 0 Å². The summed E-state index contributed by atoms with van der Waals surface area (Å²) >= 11 is 0. The predicted molar refractivity (Wildman–Crippen MR) is 130 cm³/mol. The van der Waals surface area contributed by atoms with Crippen LogP contribution in [0.3, 0.4) is 0 Å². The third-order valence-electron chi connectivity index (χ3n) is 5.37. The lowest BCUT2D eigenvalue weighted by Gasteiger charge is -2.33. The van der Waals surface area contributed by atoms with E-state index in [9.17, 15) is 9.59 Å². The lowest BCUT2D eigenvalue weighted by molar-refractivity contribution is 0.184. The van der Waals surface area contributed by atoms with Gasteiger partial charge in [0.1, 0.15) is 0 Å². The molecule has 0 aromatic heterocycles. The third kappa shape index (κ3) is 9.62. The zero-order chi connectivity index (χ0) is 23.1. The Kier molecular flexibility index (Phi) is 13.4. The standard InChI is InChI=1S/C25H44N4O2/c1-6-10-18-27(19-11-7-2)24(30)26-29(23-16-14-22(5)15-17-23)25(31)28(20-12-8-3)21-13-9-4/h14-17H,6-13,18-21H2,1-5H3,(H,26,30). The van der Waals surface area contributed by atoms with Gasteiger partial charge in [-0.25, -0.2) is 20.0 Å². The molecule has 0 atom stereocenters. The minimum Gasteiger partial charge on any atom is -0.323 e. The molecule has 1 aromatic carbocycles. The molecule has 176 valence electrons. The first-order chi connectivity index (χ1) is 15.0. The van der Waals surface area contributed by atoms with Crippen LogP contribution >= 0.6 is 0 Å². The van der Waals surface area contributed by atoms with Gasteiger partial charge in [0, 0.05) is 26.2 Å². The first-order valence-corrected chi connectivity index (χ1v) is 12.2. The van der Waals surface area contributed by atoms with Crippen LogP contribution in [-0.4, -0.2) is 48.0 Å². The van der Waals surface area contributed by atoms with Crippen molar-refractivity contribution < 1.29 is 9.59 Å². The maximum atomic E-state index is 13.5. The van der Waals surface area contributed by atoms with Crippen LogP contribution in [-0.2, 0) is 0 Å². The number of carbonyl (C=O) groups is 2. The molecule has 0 saturated carbocycles. The Morgan fingerprint density at radius 2 is 1.13 bits per heavy atom. The first-order valence-electron chi connectivity index (χ1n) is 12.2. The molecule has 6 heteroatoms. The molecule has 0 saturated heterocycles. The summed E-state index contributed by atoms with van der Waals surface area (Å²) in [5, 5.41) is 1.44. The quantitative estimate of drug-likeness (QED) is 0.369. The fourth-order valence-electron chi connectivity index (χ4n) is 3.24. The molecule has 0 aliphatic rings. The van der Waals surface area contributed by atoms with Crippen LogP contribution in [0.5, 0.6) is 0 Å². The Hall–Kier alpha value is -2.24. The van der Waals surface area contributed by atoms with Crippen molar-refractivity contribution >= 4 is 17.7 Å². The molecule has 0 heterocycles. The molecule has 0 radical (unpaired) electrons. The van der Waals surface area contributed by atoms with Crippen LogP contribution in [0, 0.1) is 6.92 Å². The van der Waals surface area contributed by atoms with Crippen LogP contribution in [0.2, 0.25) is 0 Å². The van der Waals surface area contributed by atoms with Crippen molar-refractivity contribution in [3.05, 3.63) is 29.8 Å². The van der Waals surface area contributed by atoms with Gasteiger partial charge in [-0.05, 0) is 44.7 Å². The number of carbonyl (C=O) groups excluding carboxylic acids is 2. The van der Waals surface area contributed by atoms with Crippen LogP contribution in [0.15, 0.2) is 24.3 Å². The van der Waals surface area contributed by atoms with Crippen molar-refractivity contribution in [2.45, 2.75) is 86.0 Å². The van der Waals surface area contributed by atoms with Crippen LogP contribution in [0.4, 0.5) is 15.3 Å². The minimum atomic E-state index is -0.207. The molecule has 4 amide bonds. The number of hydrazine groups is 1. The van der Waals surface area contributed by atoms with Crippen molar-refractivity contribution in [1.82, 2.24) is 15.2 Å². The molecule has 0 bridgehead atoms. The van der Waals surface area contributed by atoms with E-state index in [-0.39, 0.29) is 12.1 Å². The topological polar surface area (TPSA) is 55.9 Å². The molecular formula is C25H44N4O2. The van der Waals surface area contributed by atoms with Crippen molar-refractivity contribution in [1.29, 1.82) is 0 Å². The summed E-state index contributed by atoms with van der Waals surface area (Å²) < 4.78 is 0. The number of aryl methyl sites for hydroxylation is 1. The fraction of sp³-hybridized carbons (Fsp3) is 0.680. The fourth-order valence-corrected chi connectivity index (χ4v) is 3.24. The Balaban J connectivity index is 3.12. The SMILES string of the molecule is CCCCN(CCCC)C(=O)NN(C(=O)N(CCCC)CCCC)c1ccc(C)cc1. The number of hydrogen-bond donors (Lipinski definition) is 1. The van der Waals surface area contributed by atoms with E-state index >= 15 is 0 Å². The number of urea groups is 2. The highest BCUT2D eigenvalue weighted by Crippen LogP contribution is 2.17. The maximum Gasteiger partial charge on any atom is 0.343 e. The van der Waals surface area contributed by atoms with E-state index in [1.165, 1.54) is 5.01 Å². The summed E-state index contributed by atoms with van der Waals surface area (Å²) in [5.41, 5.74) is 4.74. The molecule has 1 aromatic rings. The molecule has 0 spiro atoms. The lowest BCUT2D eigenvalue weighted by Crippen LogP contribution is -2.56. The molecule has 0 fully saturated rings. The molecule has 31 heavy (non-hydrogen) atoms. The number of anilines is 1. The normalized spacial score (nSPS) is 10.6. The molecule has 0 aliphatic carbocycles. The van der Waals surface area contributed by atoms with Gasteiger partial charge in [-0.2, -0.15) is 0 Å². The molecule has 6 nitrogen and oxygen atoms in total. The van der Waals surface area contributed by atoms with E-state index in [2.05, 4.69) is 33.1 Å². The van der Waals surface area contributed by atoms with Crippen LogP contribution in [0.25, 0.3) is 0 Å². The van der Waals surface area contributed by atoms with Gasteiger partial charge in [0.15, 0.2) is 0 Å². The van der Waals surface area contributed by atoms with Crippen molar-refractivity contribution in [2.75, 3.05) is 31.2 Å². The summed E-state index contributed by atoms with van der Waals surface area (Å²) in [4.78, 5) is 30.4. The van der Waals surface area contributed by atoms with Crippen LogP contribution in [0.1, 0.15) is 84.6 Å². The second-order valence-corrected chi connectivity index (χ2v) is 8.26. The number of nitrogens with zero attached hydrogens (tertiary/aromatic N) is 3. The van der Waals surface area contributed by atoms with Gasteiger partial charge >= 0.3 is 12.1 Å². The van der Waals surface area contributed by atoms with Crippen LogP contribution < -0.4 is 10.4 Å². The van der Waals surface area contributed by atoms with E-state index in [0.29, 0.717) is 31.9 Å². The number of unbranched alkanes of at least 4 members (excludes halogenated alkanes) is 4. The van der Waals surface area contributed by atoms with Gasteiger partial charge in [0.25, 0.3) is 0 Å². The minimum absolute atomic E-state index is 0.162. The van der Waals surface area contributed by atoms with E-state index < -0.39 is 0 Å². The van der Waals surface area contributed by atoms with E-state index in [1.54, 1.807) is 0 Å². The number of benzene rings is 1. The second-order valence-electron chi connectivity index (χ2n) is 8.26. The Labute approximate surface area is 189 Å². The first kappa shape index (κ1) is 26.8. The van der Waals surface area contributed by atoms with E-state index in [1.807, 2.05) is 41.0 Å². The van der Waals surface area contributed by atoms with Gasteiger partial charge in [-0.3, -0.25) is 0 Å². The summed E-state index contributed by atoms with van der Waals surface area (Å²) in [7, 11) is 0. The van der Waals surface area contributed by atoms with Crippen molar-refractivity contribution in [3.63, 3.8) is 0 Å². The third-order valence-corrected chi connectivity index (χ3v) is 5.37. The molecule has 0 aliphatic heterocycles. The van der Waals surface area contributed by atoms with Gasteiger partial charge in [0.2, 0.25) is 0 Å². The maximum absolute atomic E-state index is 13.5. The zero-order valence-corrected chi connectivity index (χ0v) is 20.5. The predicted octanol–water partition coefficient (Wildman–Crippen LogP) is 6.35. The Bertz CT molecular complexity index is 617.